The first-order chi connectivity index (χ1) is 22.3. The maximum Gasteiger partial charge on any atom is 0.140 e. The van der Waals surface area contributed by atoms with Crippen molar-refractivity contribution in [2.45, 2.75) is 117 Å². The average molecular weight is 676 g/mol. The summed E-state index contributed by atoms with van der Waals surface area (Å²) in [6.07, 6.45) is 5.88. The molecule has 5 rings (SSSR count). The highest BCUT2D eigenvalue weighted by molar-refractivity contribution is 5.85. The summed E-state index contributed by atoms with van der Waals surface area (Å²) >= 11 is 0. The lowest BCUT2D eigenvalue weighted by atomic mass is 9.74. The van der Waals surface area contributed by atoms with Crippen LogP contribution in [0.25, 0.3) is 0 Å². The van der Waals surface area contributed by atoms with Crippen LogP contribution in [0.3, 0.4) is 0 Å². The third kappa shape index (κ3) is 9.44. The van der Waals surface area contributed by atoms with Gasteiger partial charge in [-0.1, -0.05) is 145 Å². The summed E-state index contributed by atoms with van der Waals surface area (Å²) in [6.45, 7) is 12.4. The van der Waals surface area contributed by atoms with E-state index in [0.29, 0.717) is 12.3 Å². The largest absolute Gasteiger partial charge is 0.392 e. The second-order valence-electron chi connectivity index (χ2n) is 15.6. The van der Waals surface area contributed by atoms with Gasteiger partial charge in [0.05, 0.1) is 17.7 Å². The highest BCUT2D eigenvalue weighted by atomic mass is 35.5. The minimum absolute atomic E-state index is 0. The Hall–Kier alpha value is -2.83. The fourth-order valence-electron chi connectivity index (χ4n) is 7.28. The number of nitrogens with zero attached hydrogens (tertiary/aromatic N) is 1. The number of rotatable bonds is 10. The van der Waals surface area contributed by atoms with E-state index in [2.05, 4.69) is 77.7 Å². The first-order valence-corrected chi connectivity index (χ1v) is 17.6. The molecule has 0 bridgehead atoms. The smallest absolute Gasteiger partial charge is 0.140 e. The molecule has 1 aliphatic heterocycles. The minimum Gasteiger partial charge on any atom is -0.392 e. The second kappa shape index (κ2) is 17.2. The van der Waals surface area contributed by atoms with Crippen LogP contribution in [-0.4, -0.2) is 51.5 Å². The molecule has 2 fully saturated rings. The molecule has 2 aliphatic rings. The maximum atomic E-state index is 12.8. The van der Waals surface area contributed by atoms with Crippen molar-refractivity contribution in [1.29, 1.82) is 0 Å². The van der Waals surface area contributed by atoms with Crippen molar-refractivity contribution in [3.63, 3.8) is 0 Å². The number of Topliss-reactive ketones (excluding diaryl/α,β-unsaturated/α-hetero) is 2. The van der Waals surface area contributed by atoms with Crippen LogP contribution in [0.4, 0.5) is 0 Å². The fourth-order valence-corrected chi connectivity index (χ4v) is 7.28. The van der Waals surface area contributed by atoms with Crippen molar-refractivity contribution in [2.75, 3.05) is 6.54 Å². The van der Waals surface area contributed by atoms with E-state index in [4.69, 9.17) is 0 Å². The lowest BCUT2D eigenvalue weighted by Gasteiger charge is -2.47. The van der Waals surface area contributed by atoms with Crippen molar-refractivity contribution < 1.29 is 19.8 Å². The van der Waals surface area contributed by atoms with Crippen LogP contribution in [0.5, 0.6) is 0 Å². The van der Waals surface area contributed by atoms with Gasteiger partial charge in [-0.3, -0.25) is 14.5 Å². The summed E-state index contributed by atoms with van der Waals surface area (Å²) in [5.74, 6) is 0.657. The van der Waals surface area contributed by atoms with Gasteiger partial charge in [-0.2, -0.15) is 0 Å². The molecule has 0 aromatic heterocycles. The molecule has 48 heavy (non-hydrogen) atoms. The van der Waals surface area contributed by atoms with Gasteiger partial charge in [0.2, 0.25) is 0 Å². The van der Waals surface area contributed by atoms with E-state index >= 15 is 0 Å². The van der Waals surface area contributed by atoms with Crippen LogP contribution < -0.4 is 0 Å². The predicted octanol–water partition coefficient (Wildman–Crippen LogP) is 8.77. The summed E-state index contributed by atoms with van der Waals surface area (Å²) in [5.41, 5.74) is 2.19. The van der Waals surface area contributed by atoms with Gasteiger partial charge in [0.15, 0.2) is 0 Å². The average Bonchev–Trinajstić information content (AvgIpc) is 3.76. The normalized spacial score (nSPS) is 18.7. The highest BCUT2D eigenvalue weighted by Crippen LogP contribution is 2.46. The van der Waals surface area contributed by atoms with Gasteiger partial charge >= 0.3 is 0 Å². The summed E-state index contributed by atoms with van der Waals surface area (Å²) < 4.78 is 0. The first kappa shape index (κ1) is 39.6. The predicted molar refractivity (Wildman–Crippen MR) is 198 cm³/mol. The molecule has 1 saturated carbocycles. The van der Waals surface area contributed by atoms with Crippen LogP contribution in [0.2, 0.25) is 0 Å². The molecule has 1 heterocycles. The van der Waals surface area contributed by atoms with E-state index < -0.39 is 23.2 Å². The molecule has 3 atom stereocenters. The van der Waals surface area contributed by atoms with Gasteiger partial charge in [0.25, 0.3) is 0 Å². The van der Waals surface area contributed by atoms with Crippen LogP contribution in [0.15, 0.2) is 91.0 Å². The number of halogens is 1. The monoisotopic (exact) mass is 675 g/mol. The summed E-state index contributed by atoms with van der Waals surface area (Å²) in [4.78, 5) is 26.9. The zero-order valence-corrected chi connectivity index (χ0v) is 30.7. The molecule has 1 aliphatic carbocycles. The van der Waals surface area contributed by atoms with Crippen LogP contribution >= 0.6 is 12.4 Å². The molecular formula is C42H58ClNO4. The molecule has 262 valence electrons. The number of aliphatic hydroxyl groups excluding tert-OH is 2. The van der Waals surface area contributed by atoms with Gasteiger partial charge in [-0.05, 0) is 48.3 Å². The van der Waals surface area contributed by atoms with Crippen molar-refractivity contribution in [1.82, 2.24) is 4.90 Å². The van der Waals surface area contributed by atoms with E-state index in [9.17, 15) is 19.8 Å². The third-order valence-corrected chi connectivity index (χ3v) is 10.2. The van der Waals surface area contributed by atoms with Crippen molar-refractivity contribution in [3.05, 3.63) is 108 Å². The van der Waals surface area contributed by atoms with Gasteiger partial charge in [0.1, 0.15) is 11.6 Å². The van der Waals surface area contributed by atoms with Gasteiger partial charge in [-0.25, -0.2) is 0 Å². The number of ketones is 2. The van der Waals surface area contributed by atoms with Gasteiger partial charge in [-0.15, -0.1) is 12.4 Å². The standard InChI is InChI=1S/C30H35NO2.C12H22O2.ClH/c1-29(2,3)28(33)22-27(32)26-20-13-21-31(26)30(23-14-7-4-8-15-23,24-16-9-5-10-17-24)25-18-11-6-12-19-25;1-12(2,3)11(14)8-10(13)9-6-4-5-7-9;/h4-12,14-19,26-27,32H,13,20-22H2,1-3H3;9-10,13H,4-8H2,1-3H3;1H/t26-,27+;10-;/m01./s1. The molecule has 2 N–H and O–H groups in total. The molecule has 0 amide bonds. The Morgan fingerprint density at radius 3 is 1.38 bits per heavy atom. The molecule has 5 nitrogen and oxygen atoms in total. The Labute approximate surface area is 295 Å². The molecule has 0 spiro atoms. The fraction of sp³-hybridized carbons (Fsp3) is 0.524. The Kier molecular flexibility index (Phi) is 14.2. The van der Waals surface area contributed by atoms with Crippen LogP contribution in [-0.2, 0) is 15.1 Å². The molecule has 0 unspecified atom stereocenters. The second-order valence-corrected chi connectivity index (χ2v) is 15.6. The van der Waals surface area contributed by atoms with Gasteiger partial charge < -0.3 is 10.2 Å². The Morgan fingerprint density at radius 1 is 0.625 bits per heavy atom. The van der Waals surface area contributed by atoms with Crippen molar-refractivity contribution in [2.24, 2.45) is 16.7 Å². The van der Waals surface area contributed by atoms with Crippen molar-refractivity contribution >= 4 is 24.0 Å². The molecule has 6 heteroatoms. The summed E-state index contributed by atoms with van der Waals surface area (Å²) in [6, 6.07) is 31.6. The maximum absolute atomic E-state index is 12.8. The minimum atomic E-state index is -0.713. The summed E-state index contributed by atoms with van der Waals surface area (Å²) in [7, 11) is 0. The zero-order valence-electron chi connectivity index (χ0n) is 29.9. The Morgan fingerprint density at radius 2 is 1.00 bits per heavy atom. The number of carbonyl (C=O) groups is 2. The lowest BCUT2D eigenvalue weighted by Crippen LogP contribution is -2.54. The molecule has 3 aromatic carbocycles. The summed E-state index contributed by atoms with van der Waals surface area (Å²) in [5, 5.41) is 21.3. The van der Waals surface area contributed by atoms with Gasteiger partial charge in [0, 0.05) is 36.3 Å². The van der Waals surface area contributed by atoms with E-state index in [1.54, 1.807) is 0 Å². The van der Waals surface area contributed by atoms with E-state index in [0.717, 1.165) is 32.2 Å². The Bertz CT molecular complexity index is 1310. The molecular weight excluding hydrogens is 618 g/mol. The number of hydrogen-bond acceptors (Lipinski definition) is 5. The van der Waals surface area contributed by atoms with E-state index in [-0.39, 0.29) is 41.9 Å². The number of hydrogen-bond donors (Lipinski definition) is 2. The van der Waals surface area contributed by atoms with Crippen LogP contribution in [0, 0.1) is 16.7 Å². The number of benzene rings is 3. The number of aliphatic hydroxyl groups is 2. The third-order valence-electron chi connectivity index (χ3n) is 10.2. The van der Waals surface area contributed by atoms with E-state index in [1.807, 2.05) is 59.7 Å². The number of likely N-dealkylation sites (tertiary alicyclic amines) is 1. The molecule has 1 saturated heterocycles. The SMILES string of the molecule is CC(C)(C)C(=O)C[C@@H](O)C1CCCC1.CC(C)(C)C(=O)C[C@@H](O)[C@@H]1CCCN1C(c1ccccc1)(c1ccccc1)c1ccccc1.Cl. The number of carbonyl (C=O) groups excluding carboxylic acids is 2. The Balaban J connectivity index is 0.000000351. The topological polar surface area (TPSA) is 77.8 Å². The molecule has 3 aromatic rings. The quantitative estimate of drug-likeness (QED) is 0.210. The first-order valence-electron chi connectivity index (χ1n) is 17.6. The highest BCUT2D eigenvalue weighted by Gasteiger charge is 2.49. The zero-order chi connectivity index (χ0) is 34.2. The molecule has 0 radical (unpaired) electrons. The van der Waals surface area contributed by atoms with Crippen LogP contribution in [0.1, 0.15) is 110 Å². The lowest BCUT2D eigenvalue weighted by molar-refractivity contribution is -0.130. The van der Waals surface area contributed by atoms with E-state index in [1.165, 1.54) is 29.5 Å². The van der Waals surface area contributed by atoms with Crippen molar-refractivity contribution in [3.8, 4) is 0 Å².